The molecule has 3 aromatic carbocycles. The molecule has 0 aliphatic carbocycles. The first-order valence-electron chi connectivity index (χ1n) is 10.7. The fourth-order valence-corrected chi connectivity index (χ4v) is 4.00. The van der Waals surface area contributed by atoms with Crippen LogP contribution in [-0.4, -0.2) is 18.0 Å². The third kappa shape index (κ3) is 4.11. The number of carbonyl (C=O) groups excluding carboxylic acids is 1. The lowest BCUT2D eigenvalue weighted by molar-refractivity contribution is 0.0981. The molecule has 0 radical (unpaired) electrons. The van der Waals surface area contributed by atoms with Crippen LogP contribution in [0.2, 0.25) is 0 Å². The molecule has 1 amide bonds. The lowest BCUT2D eigenvalue weighted by Gasteiger charge is -2.26. The number of pyridine rings is 1. The molecule has 1 aliphatic heterocycles. The Hall–Kier alpha value is -4.32. The molecule has 33 heavy (non-hydrogen) atoms. The number of hydrogen-bond acceptors (Lipinski definition) is 5. The van der Waals surface area contributed by atoms with Crippen LogP contribution in [0, 0.1) is 0 Å². The highest BCUT2D eigenvalue weighted by Crippen LogP contribution is 2.42. The summed E-state index contributed by atoms with van der Waals surface area (Å²) in [6.45, 7) is 0.292. The highest BCUT2D eigenvalue weighted by atomic mass is 16.5. The van der Waals surface area contributed by atoms with Gasteiger partial charge in [-0.25, -0.2) is 4.98 Å². The standard InChI is InChI=1S/C27H23N3O3/c1-32-24-15-14-20(17-21(24)18-33-25-13-7-8-16-28-25)26-29-22-11-5-6-12-23(22)30(26)27(31)19-9-3-2-4-10-19/h2-17,26,29H,18H2,1H3. The number of nitrogens with zero attached hydrogens (tertiary/aromatic N) is 2. The molecule has 4 aromatic rings. The summed E-state index contributed by atoms with van der Waals surface area (Å²) in [6, 6.07) is 28.6. The quantitative estimate of drug-likeness (QED) is 0.435. The Kier molecular flexibility index (Phi) is 5.64. The molecule has 1 unspecified atom stereocenters. The SMILES string of the molecule is COc1ccc(C2Nc3ccccc3N2C(=O)c2ccccc2)cc1COc1ccccn1. The first kappa shape index (κ1) is 20.6. The van der Waals surface area contributed by atoms with Crippen LogP contribution in [0.15, 0.2) is 97.2 Å². The van der Waals surface area contributed by atoms with Gasteiger partial charge in [-0.1, -0.05) is 42.5 Å². The van der Waals surface area contributed by atoms with E-state index in [2.05, 4.69) is 10.3 Å². The summed E-state index contributed by atoms with van der Waals surface area (Å²) < 4.78 is 11.4. The van der Waals surface area contributed by atoms with Gasteiger partial charge in [0.2, 0.25) is 5.88 Å². The minimum absolute atomic E-state index is 0.0693. The maximum absolute atomic E-state index is 13.5. The van der Waals surface area contributed by atoms with Crippen LogP contribution in [-0.2, 0) is 6.61 Å². The van der Waals surface area contributed by atoms with Gasteiger partial charge >= 0.3 is 0 Å². The smallest absolute Gasteiger partial charge is 0.260 e. The number of para-hydroxylation sites is 2. The van der Waals surface area contributed by atoms with E-state index in [-0.39, 0.29) is 12.1 Å². The van der Waals surface area contributed by atoms with Crippen molar-refractivity contribution >= 4 is 17.3 Å². The normalized spacial score (nSPS) is 14.3. The second-order valence-electron chi connectivity index (χ2n) is 7.63. The molecule has 0 spiro atoms. The van der Waals surface area contributed by atoms with Gasteiger partial charge in [0.1, 0.15) is 18.5 Å². The van der Waals surface area contributed by atoms with Crippen molar-refractivity contribution in [3.8, 4) is 11.6 Å². The maximum atomic E-state index is 13.5. The first-order valence-corrected chi connectivity index (χ1v) is 10.7. The highest BCUT2D eigenvalue weighted by molar-refractivity contribution is 6.10. The number of ether oxygens (including phenoxy) is 2. The number of hydrogen-bond donors (Lipinski definition) is 1. The fraction of sp³-hybridized carbons (Fsp3) is 0.111. The number of aromatic nitrogens is 1. The van der Waals surface area contributed by atoms with Crippen molar-refractivity contribution in [1.82, 2.24) is 4.98 Å². The van der Waals surface area contributed by atoms with Gasteiger partial charge in [0.05, 0.1) is 18.5 Å². The first-order chi connectivity index (χ1) is 16.2. The van der Waals surface area contributed by atoms with E-state index in [0.29, 0.717) is 23.8 Å². The second kappa shape index (κ2) is 9.04. The van der Waals surface area contributed by atoms with Crippen molar-refractivity contribution in [2.75, 3.05) is 17.3 Å². The molecule has 1 aliphatic rings. The summed E-state index contributed by atoms with van der Waals surface area (Å²) in [4.78, 5) is 19.6. The molecule has 2 heterocycles. The molecule has 6 nitrogen and oxygen atoms in total. The maximum Gasteiger partial charge on any atom is 0.260 e. The summed E-state index contributed by atoms with van der Waals surface area (Å²) in [6.07, 6.45) is 1.32. The molecule has 6 heteroatoms. The summed E-state index contributed by atoms with van der Waals surface area (Å²) in [5.74, 6) is 1.18. The number of methoxy groups -OCH3 is 1. The summed E-state index contributed by atoms with van der Waals surface area (Å²) >= 11 is 0. The zero-order valence-corrected chi connectivity index (χ0v) is 18.1. The number of anilines is 2. The third-order valence-electron chi connectivity index (χ3n) is 5.59. The van der Waals surface area contributed by atoms with Gasteiger partial charge in [-0.3, -0.25) is 9.69 Å². The van der Waals surface area contributed by atoms with Crippen LogP contribution < -0.4 is 19.7 Å². The summed E-state index contributed by atoms with van der Waals surface area (Å²) in [7, 11) is 1.63. The van der Waals surface area contributed by atoms with Gasteiger partial charge in [0.25, 0.3) is 5.91 Å². The minimum Gasteiger partial charge on any atom is -0.496 e. The largest absolute Gasteiger partial charge is 0.496 e. The molecule has 0 saturated heterocycles. The second-order valence-corrected chi connectivity index (χ2v) is 7.63. The lowest BCUT2D eigenvalue weighted by Crippen LogP contribution is -2.34. The number of carbonyl (C=O) groups is 1. The van der Waals surface area contributed by atoms with Gasteiger partial charge in [-0.15, -0.1) is 0 Å². The van der Waals surface area contributed by atoms with Crippen LogP contribution in [0.1, 0.15) is 27.7 Å². The van der Waals surface area contributed by atoms with Crippen molar-refractivity contribution in [2.24, 2.45) is 0 Å². The monoisotopic (exact) mass is 437 g/mol. The van der Waals surface area contributed by atoms with E-state index in [4.69, 9.17) is 9.47 Å². The topological polar surface area (TPSA) is 63.7 Å². The Balaban J connectivity index is 1.50. The summed E-state index contributed by atoms with van der Waals surface area (Å²) in [5.41, 5.74) is 4.18. The van der Waals surface area contributed by atoms with E-state index in [1.165, 1.54) is 0 Å². The molecular formula is C27H23N3O3. The number of benzene rings is 3. The molecule has 0 saturated carbocycles. The molecule has 0 fully saturated rings. The molecule has 164 valence electrons. The predicted octanol–water partition coefficient (Wildman–Crippen LogP) is 5.44. The molecular weight excluding hydrogens is 414 g/mol. The molecule has 1 aromatic heterocycles. The Morgan fingerprint density at radius 1 is 0.970 bits per heavy atom. The Bertz CT molecular complexity index is 1260. The predicted molar refractivity (Wildman–Crippen MR) is 128 cm³/mol. The van der Waals surface area contributed by atoms with E-state index in [1.807, 2.05) is 91.0 Å². The molecule has 5 rings (SSSR count). The number of fused-ring (bicyclic) bond motifs is 1. The highest BCUT2D eigenvalue weighted by Gasteiger charge is 2.35. The molecule has 0 bridgehead atoms. The van der Waals surface area contributed by atoms with Crippen LogP contribution in [0.4, 0.5) is 11.4 Å². The van der Waals surface area contributed by atoms with Gasteiger partial charge in [0.15, 0.2) is 0 Å². The number of nitrogens with one attached hydrogen (secondary N) is 1. The molecule has 1 atom stereocenters. The van der Waals surface area contributed by atoms with Gasteiger partial charge < -0.3 is 14.8 Å². The van der Waals surface area contributed by atoms with Gasteiger partial charge in [0, 0.05) is 23.4 Å². The van der Waals surface area contributed by atoms with Crippen molar-refractivity contribution in [3.05, 3.63) is 114 Å². The van der Waals surface area contributed by atoms with Crippen molar-refractivity contribution in [2.45, 2.75) is 12.8 Å². The third-order valence-corrected chi connectivity index (χ3v) is 5.59. The van der Waals surface area contributed by atoms with Crippen LogP contribution in [0.3, 0.4) is 0 Å². The Morgan fingerprint density at radius 3 is 2.55 bits per heavy atom. The van der Waals surface area contributed by atoms with Crippen molar-refractivity contribution in [1.29, 1.82) is 0 Å². The number of rotatable bonds is 6. The summed E-state index contributed by atoms with van der Waals surface area (Å²) in [5, 5.41) is 3.50. The van der Waals surface area contributed by atoms with E-state index in [1.54, 1.807) is 18.2 Å². The fourth-order valence-electron chi connectivity index (χ4n) is 4.00. The number of amides is 1. The average molecular weight is 437 g/mol. The van der Waals surface area contributed by atoms with Crippen LogP contribution in [0.5, 0.6) is 11.6 Å². The van der Waals surface area contributed by atoms with Gasteiger partial charge in [-0.05, 0) is 48.0 Å². The van der Waals surface area contributed by atoms with Crippen LogP contribution >= 0.6 is 0 Å². The van der Waals surface area contributed by atoms with Crippen molar-refractivity contribution < 1.29 is 14.3 Å². The zero-order chi connectivity index (χ0) is 22.6. The van der Waals surface area contributed by atoms with E-state index in [0.717, 1.165) is 22.5 Å². The minimum atomic E-state index is -0.366. The average Bonchev–Trinajstić information content (AvgIpc) is 3.27. The van der Waals surface area contributed by atoms with Crippen molar-refractivity contribution in [3.63, 3.8) is 0 Å². The molecule has 1 N–H and O–H groups in total. The van der Waals surface area contributed by atoms with Crippen LogP contribution in [0.25, 0.3) is 0 Å². The Labute approximate surface area is 192 Å². The van der Waals surface area contributed by atoms with E-state index < -0.39 is 0 Å². The zero-order valence-electron chi connectivity index (χ0n) is 18.1. The van der Waals surface area contributed by atoms with E-state index in [9.17, 15) is 4.79 Å². The Morgan fingerprint density at radius 2 is 1.76 bits per heavy atom. The lowest BCUT2D eigenvalue weighted by atomic mass is 10.1. The van der Waals surface area contributed by atoms with Gasteiger partial charge in [-0.2, -0.15) is 0 Å². The van der Waals surface area contributed by atoms with E-state index >= 15 is 0 Å².